The average molecular weight is 539 g/mol. The molecule has 2 aliphatic rings. The summed E-state index contributed by atoms with van der Waals surface area (Å²) in [6, 6.07) is 16.5. The lowest BCUT2D eigenvalue weighted by Crippen LogP contribution is -2.50. The van der Waals surface area contributed by atoms with Gasteiger partial charge in [0.2, 0.25) is 5.82 Å². The second-order valence-corrected chi connectivity index (χ2v) is 11.1. The maximum Gasteiger partial charge on any atom is 0.410 e. The molecule has 1 saturated heterocycles. The van der Waals surface area contributed by atoms with Gasteiger partial charge < -0.3 is 29.1 Å². The maximum absolute atomic E-state index is 13.3. The van der Waals surface area contributed by atoms with E-state index in [2.05, 4.69) is 37.9 Å². The number of benzene rings is 2. The van der Waals surface area contributed by atoms with Crippen LogP contribution < -0.4 is 9.64 Å². The first-order chi connectivity index (χ1) is 18.3. The molecule has 1 N–H and O–H groups in total. The number of anilines is 1. The molecule has 0 saturated carbocycles. The summed E-state index contributed by atoms with van der Waals surface area (Å²) in [5, 5.41) is 10.8. The van der Waals surface area contributed by atoms with Crippen LogP contribution in [0, 0.1) is 0 Å². The highest BCUT2D eigenvalue weighted by Crippen LogP contribution is 2.44. The molecule has 0 bridgehead atoms. The number of carbonyl (C=O) groups is 1. The SMILES string of the molecule is CC(C)(C)N(C[C@@H](O)COc1nsnc1N1CCOCC1)C(=O)OCC1c2ccccc2-c2ccccc21. The summed E-state index contributed by atoms with van der Waals surface area (Å²) in [5.74, 6) is 1.02. The first-order valence-electron chi connectivity index (χ1n) is 12.9. The summed E-state index contributed by atoms with van der Waals surface area (Å²) in [7, 11) is 0. The number of aromatic nitrogens is 2. The molecule has 1 atom stereocenters. The third kappa shape index (κ3) is 5.62. The molecule has 9 nitrogen and oxygen atoms in total. The van der Waals surface area contributed by atoms with Crippen molar-refractivity contribution in [2.75, 3.05) is 51.0 Å². The summed E-state index contributed by atoms with van der Waals surface area (Å²) in [6.07, 6.45) is -1.41. The minimum absolute atomic E-state index is 0.0218. The number of fused-ring (bicyclic) bond motifs is 3. The zero-order valence-corrected chi connectivity index (χ0v) is 22.8. The molecule has 0 radical (unpaired) electrons. The van der Waals surface area contributed by atoms with Crippen molar-refractivity contribution in [2.45, 2.75) is 38.3 Å². The Morgan fingerprint density at radius 3 is 2.37 bits per heavy atom. The van der Waals surface area contributed by atoms with E-state index >= 15 is 0 Å². The molecule has 1 aliphatic heterocycles. The number of rotatable bonds is 8. The van der Waals surface area contributed by atoms with Gasteiger partial charge in [0.1, 0.15) is 19.3 Å². The first-order valence-corrected chi connectivity index (χ1v) is 13.6. The third-order valence-electron chi connectivity index (χ3n) is 6.92. The number of aliphatic hydroxyl groups excluding tert-OH is 1. The molecule has 10 heteroatoms. The molecule has 1 fully saturated rings. The Bertz CT molecular complexity index is 1210. The van der Waals surface area contributed by atoms with Crippen LogP contribution in [-0.2, 0) is 9.47 Å². The monoisotopic (exact) mass is 538 g/mol. The van der Waals surface area contributed by atoms with Crippen LogP contribution in [-0.4, -0.2) is 82.6 Å². The second kappa shape index (κ2) is 11.3. The Morgan fingerprint density at radius 2 is 1.74 bits per heavy atom. The lowest BCUT2D eigenvalue weighted by atomic mass is 9.98. The number of aliphatic hydroxyl groups is 1. The summed E-state index contributed by atoms with van der Waals surface area (Å²) >= 11 is 1.07. The predicted octanol–water partition coefficient (Wildman–Crippen LogP) is 4.16. The molecule has 1 aromatic heterocycles. The van der Waals surface area contributed by atoms with E-state index in [1.807, 2.05) is 45.0 Å². The van der Waals surface area contributed by atoms with Crippen LogP contribution in [0.25, 0.3) is 11.1 Å². The fourth-order valence-electron chi connectivity index (χ4n) is 4.97. The third-order valence-corrected chi connectivity index (χ3v) is 7.43. The lowest BCUT2D eigenvalue weighted by Gasteiger charge is -2.36. The van der Waals surface area contributed by atoms with Crippen molar-refractivity contribution >= 4 is 23.6 Å². The number of hydrogen-bond acceptors (Lipinski definition) is 9. The second-order valence-electron chi connectivity index (χ2n) is 10.5. The molecule has 3 aromatic rings. The summed E-state index contributed by atoms with van der Waals surface area (Å²) in [5.41, 5.74) is 4.11. The van der Waals surface area contributed by atoms with Gasteiger partial charge in [-0.2, -0.15) is 4.37 Å². The van der Waals surface area contributed by atoms with E-state index in [-0.39, 0.29) is 25.7 Å². The molecule has 2 aromatic carbocycles. The smallest absolute Gasteiger partial charge is 0.410 e. The van der Waals surface area contributed by atoms with Crippen molar-refractivity contribution < 1.29 is 24.1 Å². The molecular formula is C28H34N4O5S. The predicted molar refractivity (Wildman–Crippen MR) is 146 cm³/mol. The van der Waals surface area contributed by atoms with Gasteiger partial charge in [-0.3, -0.25) is 0 Å². The quantitative estimate of drug-likeness (QED) is 0.457. The van der Waals surface area contributed by atoms with Gasteiger partial charge in [0.15, 0.2) is 0 Å². The van der Waals surface area contributed by atoms with Crippen molar-refractivity contribution in [3.8, 4) is 17.0 Å². The fraction of sp³-hybridized carbons (Fsp3) is 0.464. The van der Waals surface area contributed by atoms with Crippen molar-refractivity contribution in [2.24, 2.45) is 0 Å². The Balaban J connectivity index is 1.21. The minimum Gasteiger partial charge on any atom is -0.472 e. The van der Waals surface area contributed by atoms with E-state index in [1.54, 1.807) is 4.90 Å². The van der Waals surface area contributed by atoms with E-state index in [0.29, 0.717) is 38.0 Å². The number of amides is 1. The zero-order valence-electron chi connectivity index (χ0n) is 22.0. The zero-order chi connectivity index (χ0) is 26.7. The van der Waals surface area contributed by atoms with Crippen molar-refractivity contribution in [3.63, 3.8) is 0 Å². The van der Waals surface area contributed by atoms with Gasteiger partial charge in [0.05, 0.1) is 31.5 Å². The highest BCUT2D eigenvalue weighted by atomic mass is 32.1. The summed E-state index contributed by atoms with van der Waals surface area (Å²) in [6.45, 7) is 8.69. The standard InChI is InChI=1S/C28H34N4O5S/c1-28(2,3)32(16-19(33)17-36-26-25(29-38-30-26)31-12-14-35-15-13-31)27(34)37-18-24-22-10-6-4-8-20(22)21-9-5-7-11-23(21)24/h4-11,19,24,33H,12-18H2,1-3H3/t19-/m1/s1. The topological polar surface area (TPSA) is 97.3 Å². The highest BCUT2D eigenvalue weighted by molar-refractivity contribution is 6.99. The van der Waals surface area contributed by atoms with Gasteiger partial charge in [0.25, 0.3) is 5.88 Å². The molecule has 1 amide bonds. The van der Waals surface area contributed by atoms with Gasteiger partial charge >= 0.3 is 6.09 Å². The highest BCUT2D eigenvalue weighted by Gasteiger charge is 2.33. The fourth-order valence-corrected chi connectivity index (χ4v) is 5.49. The van der Waals surface area contributed by atoms with Crippen LogP contribution in [0.4, 0.5) is 10.6 Å². The molecule has 1 aliphatic carbocycles. The van der Waals surface area contributed by atoms with Crippen LogP contribution in [0.5, 0.6) is 5.88 Å². The Hall–Kier alpha value is -3.21. The molecular weight excluding hydrogens is 504 g/mol. The van der Waals surface area contributed by atoms with Crippen LogP contribution >= 0.6 is 11.7 Å². The van der Waals surface area contributed by atoms with Crippen molar-refractivity contribution in [1.82, 2.24) is 13.6 Å². The summed E-state index contributed by atoms with van der Waals surface area (Å²) in [4.78, 5) is 16.9. The molecule has 202 valence electrons. The Labute approximate surface area is 227 Å². The van der Waals surface area contributed by atoms with Gasteiger partial charge in [0, 0.05) is 24.5 Å². The van der Waals surface area contributed by atoms with Crippen LogP contribution in [0.2, 0.25) is 0 Å². The van der Waals surface area contributed by atoms with Gasteiger partial charge in [-0.1, -0.05) is 48.5 Å². The minimum atomic E-state index is -0.936. The largest absolute Gasteiger partial charge is 0.472 e. The van der Waals surface area contributed by atoms with Crippen LogP contribution in [0.1, 0.15) is 37.8 Å². The number of hydrogen-bond donors (Lipinski definition) is 1. The molecule has 0 spiro atoms. The number of nitrogens with zero attached hydrogens (tertiary/aromatic N) is 4. The molecule has 2 heterocycles. The van der Waals surface area contributed by atoms with Gasteiger partial charge in [-0.05, 0) is 43.0 Å². The van der Waals surface area contributed by atoms with E-state index < -0.39 is 17.7 Å². The number of ether oxygens (including phenoxy) is 3. The van der Waals surface area contributed by atoms with Crippen molar-refractivity contribution in [3.05, 3.63) is 59.7 Å². The van der Waals surface area contributed by atoms with E-state index in [1.165, 1.54) is 11.1 Å². The number of carbonyl (C=O) groups excluding carboxylic acids is 1. The van der Waals surface area contributed by atoms with E-state index in [4.69, 9.17) is 14.2 Å². The lowest BCUT2D eigenvalue weighted by molar-refractivity contribution is 0.0210. The van der Waals surface area contributed by atoms with E-state index in [9.17, 15) is 9.90 Å². The molecule has 38 heavy (non-hydrogen) atoms. The maximum atomic E-state index is 13.3. The van der Waals surface area contributed by atoms with E-state index in [0.717, 1.165) is 22.9 Å². The Morgan fingerprint density at radius 1 is 1.11 bits per heavy atom. The molecule has 0 unspecified atom stereocenters. The number of β-amino-alcohol motifs (C(OH)–C–C–N with tert-alkyl or cyclic N) is 1. The molecule has 5 rings (SSSR count). The van der Waals surface area contributed by atoms with Gasteiger partial charge in [-0.15, -0.1) is 4.37 Å². The first kappa shape index (κ1) is 26.4. The normalized spacial score (nSPS) is 16.1. The number of morpholine rings is 1. The van der Waals surface area contributed by atoms with Crippen LogP contribution in [0.3, 0.4) is 0 Å². The average Bonchev–Trinajstić information content (AvgIpc) is 3.52. The summed E-state index contributed by atoms with van der Waals surface area (Å²) < 4.78 is 25.7. The Kier molecular flexibility index (Phi) is 7.83. The van der Waals surface area contributed by atoms with Gasteiger partial charge in [-0.25, -0.2) is 4.79 Å². The van der Waals surface area contributed by atoms with Crippen molar-refractivity contribution in [1.29, 1.82) is 0 Å². The van der Waals surface area contributed by atoms with Crippen LogP contribution in [0.15, 0.2) is 48.5 Å².